The van der Waals surface area contributed by atoms with Crippen molar-refractivity contribution in [2.45, 2.75) is 44.3 Å². The number of rotatable bonds is 6. The first kappa shape index (κ1) is 14.0. The van der Waals surface area contributed by atoms with E-state index in [-0.39, 0.29) is 6.42 Å². The molecule has 86 valence electrons. The lowest BCUT2D eigenvalue weighted by Crippen LogP contribution is -2.40. The van der Waals surface area contributed by atoms with E-state index in [1.54, 1.807) is 0 Å². The molecule has 0 amide bonds. The standard InChI is InChI=1S/C7H16F2NO3P/c1-2-3-4-5-6(10)7(8,9)14(11,12)13/h6H,2-5,10H2,1H3,(H2,11,12,13)/t6-/m1/s1. The summed E-state index contributed by atoms with van der Waals surface area (Å²) in [7, 11) is -5.43. The van der Waals surface area contributed by atoms with Gasteiger partial charge in [0.15, 0.2) is 0 Å². The normalized spacial score (nSPS) is 15.6. The highest BCUT2D eigenvalue weighted by Crippen LogP contribution is 2.54. The molecule has 4 nitrogen and oxygen atoms in total. The third-order valence-corrected chi connectivity index (χ3v) is 3.06. The SMILES string of the molecule is CCCCC[C@@H](N)C(F)(F)P(=O)(O)O. The molecule has 0 bridgehead atoms. The highest BCUT2D eigenvalue weighted by molar-refractivity contribution is 7.53. The van der Waals surface area contributed by atoms with Gasteiger partial charge in [-0.3, -0.25) is 4.57 Å². The summed E-state index contributed by atoms with van der Waals surface area (Å²) >= 11 is 0. The average molecular weight is 231 g/mol. The highest BCUT2D eigenvalue weighted by Gasteiger charge is 2.53. The summed E-state index contributed by atoms with van der Waals surface area (Å²) in [6.45, 7) is 1.90. The van der Waals surface area contributed by atoms with Gasteiger partial charge in [-0.25, -0.2) is 0 Å². The first-order chi connectivity index (χ1) is 6.23. The van der Waals surface area contributed by atoms with E-state index >= 15 is 0 Å². The largest absolute Gasteiger partial charge is 0.396 e. The average Bonchev–Trinajstić information content (AvgIpc) is 2.02. The summed E-state index contributed by atoms with van der Waals surface area (Å²) in [4.78, 5) is 16.7. The molecule has 0 saturated carbocycles. The van der Waals surface area contributed by atoms with Crippen molar-refractivity contribution in [1.82, 2.24) is 0 Å². The molecule has 0 rings (SSSR count). The van der Waals surface area contributed by atoms with Crippen molar-refractivity contribution in [2.75, 3.05) is 0 Å². The second kappa shape index (κ2) is 5.16. The monoisotopic (exact) mass is 231 g/mol. The summed E-state index contributed by atoms with van der Waals surface area (Å²) in [5, 5.41) is 0. The maximum absolute atomic E-state index is 12.9. The van der Waals surface area contributed by atoms with Crippen LogP contribution in [0.15, 0.2) is 0 Å². The molecule has 0 spiro atoms. The van der Waals surface area contributed by atoms with Crippen molar-refractivity contribution in [2.24, 2.45) is 5.73 Å². The number of unbranched alkanes of at least 4 members (excludes halogenated alkanes) is 2. The van der Waals surface area contributed by atoms with Crippen LogP contribution in [0.3, 0.4) is 0 Å². The van der Waals surface area contributed by atoms with Crippen molar-refractivity contribution < 1.29 is 23.1 Å². The van der Waals surface area contributed by atoms with Gasteiger partial charge < -0.3 is 15.5 Å². The Labute approximate surface area is 81.7 Å². The molecule has 0 aromatic carbocycles. The molecule has 0 aliphatic carbocycles. The Balaban J connectivity index is 4.22. The van der Waals surface area contributed by atoms with Gasteiger partial charge in [0.05, 0.1) is 6.04 Å². The summed E-state index contributed by atoms with van der Waals surface area (Å²) in [5.41, 5.74) is 0.926. The molecule has 0 fully saturated rings. The van der Waals surface area contributed by atoms with Gasteiger partial charge in [0.2, 0.25) is 0 Å². The van der Waals surface area contributed by atoms with Crippen molar-refractivity contribution in [3.8, 4) is 0 Å². The quantitative estimate of drug-likeness (QED) is 0.479. The maximum Gasteiger partial charge on any atom is 0.396 e. The Hall–Kier alpha value is -0.0300. The minimum absolute atomic E-state index is 0.0774. The van der Waals surface area contributed by atoms with E-state index in [2.05, 4.69) is 0 Å². The Kier molecular flexibility index (Phi) is 5.15. The van der Waals surface area contributed by atoms with E-state index in [0.717, 1.165) is 12.8 Å². The lowest BCUT2D eigenvalue weighted by atomic mass is 10.1. The zero-order valence-corrected chi connectivity index (χ0v) is 8.88. The summed E-state index contributed by atoms with van der Waals surface area (Å²) < 4.78 is 36.1. The first-order valence-corrected chi connectivity index (χ1v) is 6.03. The molecular weight excluding hydrogens is 215 g/mol. The van der Waals surface area contributed by atoms with E-state index in [1.165, 1.54) is 0 Å². The van der Waals surface area contributed by atoms with Gasteiger partial charge in [0.25, 0.3) is 0 Å². The fraction of sp³-hybridized carbons (Fsp3) is 1.00. The fourth-order valence-corrected chi connectivity index (χ4v) is 1.57. The molecule has 14 heavy (non-hydrogen) atoms. The summed E-state index contributed by atoms with van der Waals surface area (Å²) in [5.74, 6) is 0. The molecule has 0 aliphatic rings. The van der Waals surface area contributed by atoms with Crippen LogP contribution in [0.4, 0.5) is 8.78 Å². The molecule has 0 radical (unpaired) electrons. The van der Waals surface area contributed by atoms with Crippen LogP contribution in [-0.4, -0.2) is 21.5 Å². The van der Waals surface area contributed by atoms with Crippen LogP contribution in [0, 0.1) is 0 Å². The van der Waals surface area contributed by atoms with E-state index in [0.29, 0.717) is 6.42 Å². The molecule has 7 heteroatoms. The molecule has 4 N–H and O–H groups in total. The molecular formula is C7H16F2NO3P. The van der Waals surface area contributed by atoms with Crippen LogP contribution < -0.4 is 5.73 Å². The zero-order valence-electron chi connectivity index (χ0n) is 7.99. The van der Waals surface area contributed by atoms with Crippen LogP contribution in [-0.2, 0) is 4.57 Å². The maximum atomic E-state index is 12.9. The van der Waals surface area contributed by atoms with Gasteiger partial charge in [-0.05, 0) is 6.42 Å². The third kappa shape index (κ3) is 3.61. The van der Waals surface area contributed by atoms with E-state index in [9.17, 15) is 13.3 Å². The van der Waals surface area contributed by atoms with Crippen molar-refractivity contribution >= 4 is 7.60 Å². The molecule has 0 saturated heterocycles. The Morgan fingerprint density at radius 3 is 2.29 bits per heavy atom. The Morgan fingerprint density at radius 2 is 1.93 bits per heavy atom. The lowest BCUT2D eigenvalue weighted by molar-refractivity contribution is 0.0296. The molecule has 0 heterocycles. The Bertz CT molecular complexity index is 219. The third-order valence-electron chi connectivity index (χ3n) is 1.95. The van der Waals surface area contributed by atoms with E-state index in [1.807, 2.05) is 6.92 Å². The van der Waals surface area contributed by atoms with Gasteiger partial charge >= 0.3 is 13.3 Å². The van der Waals surface area contributed by atoms with Gasteiger partial charge in [0, 0.05) is 0 Å². The molecule has 0 aromatic rings. The van der Waals surface area contributed by atoms with Crippen LogP contribution in [0.25, 0.3) is 0 Å². The van der Waals surface area contributed by atoms with Crippen molar-refractivity contribution in [1.29, 1.82) is 0 Å². The van der Waals surface area contributed by atoms with E-state index < -0.39 is 19.3 Å². The minimum atomic E-state index is -5.43. The predicted molar refractivity (Wildman–Crippen MR) is 49.1 cm³/mol. The number of alkyl halides is 2. The van der Waals surface area contributed by atoms with Gasteiger partial charge in [-0.2, -0.15) is 8.78 Å². The van der Waals surface area contributed by atoms with E-state index in [4.69, 9.17) is 15.5 Å². The van der Waals surface area contributed by atoms with Crippen LogP contribution in [0.2, 0.25) is 0 Å². The molecule has 0 aromatic heterocycles. The minimum Gasteiger partial charge on any atom is -0.322 e. The smallest absolute Gasteiger partial charge is 0.322 e. The topological polar surface area (TPSA) is 83.6 Å². The zero-order chi connectivity index (χ0) is 11.4. The summed E-state index contributed by atoms with van der Waals surface area (Å²) in [6, 6.07) is -1.77. The number of hydrogen-bond donors (Lipinski definition) is 3. The van der Waals surface area contributed by atoms with Crippen LogP contribution in [0.5, 0.6) is 0 Å². The number of halogens is 2. The molecule has 0 aliphatic heterocycles. The molecule has 0 unspecified atom stereocenters. The van der Waals surface area contributed by atoms with Crippen LogP contribution in [0.1, 0.15) is 32.6 Å². The van der Waals surface area contributed by atoms with Crippen LogP contribution >= 0.6 is 7.60 Å². The molecule has 1 atom stereocenters. The number of hydrogen-bond acceptors (Lipinski definition) is 2. The lowest BCUT2D eigenvalue weighted by Gasteiger charge is -2.23. The van der Waals surface area contributed by atoms with Crippen molar-refractivity contribution in [3.63, 3.8) is 0 Å². The summed E-state index contributed by atoms with van der Waals surface area (Å²) in [6.07, 6.45) is 1.94. The Morgan fingerprint density at radius 1 is 1.43 bits per heavy atom. The second-order valence-corrected chi connectivity index (χ2v) is 4.92. The second-order valence-electron chi connectivity index (χ2n) is 3.23. The van der Waals surface area contributed by atoms with Gasteiger partial charge in [0.1, 0.15) is 0 Å². The fourth-order valence-electron chi connectivity index (χ4n) is 1.00. The van der Waals surface area contributed by atoms with Gasteiger partial charge in [-0.1, -0.05) is 26.2 Å². The van der Waals surface area contributed by atoms with Crippen molar-refractivity contribution in [3.05, 3.63) is 0 Å². The van der Waals surface area contributed by atoms with Gasteiger partial charge in [-0.15, -0.1) is 0 Å². The predicted octanol–water partition coefficient (Wildman–Crippen LogP) is 1.66. The first-order valence-electron chi connectivity index (χ1n) is 4.42. The highest BCUT2D eigenvalue weighted by atomic mass is 31.2. The number of nitrogens with two attached hydrogens (primary N) is 1.